The summed E-state index contributed by atoms with van der Waals surface area (Å²) in [4.78, 5) is 4.05. The Kier molecular flexibility index (Phi) is 3.50. The van der Waals surface area contributed by atoms with Gasteiger partial charge in [-0.05, 0) is 5.56 Å². The summed E-state index contributed by atoms with van der Waals surface area (Å²) in [5, 5.41) is 0.510. The van der Waals surface area contributed by atoms with Gasteiger partial charge in [-0.3, -0.25) is 9.71 Å². The van der Waals surface area contributed by atoms with Crippen LogP contribution in [0.2, 0.25) is 0 Å². The van der Waals surface area contributed by atoms with Crippen LogP contribution in [0.15, 0.2) is 35.3 Å². The topological polar surface area (TPSA) is 58.5 Å². The molecule has 2 rings (SSSR count). The fourth-order valence-electron chi connectivity index (χ4n) is 1.36. The molecular formula is C10H12N2O2S2. The van der Waals surface area contributed by atoms with Crippen molar-refractivity contribution < 1.29 is 8.42 Å². The number of hydrogen-bond donors (Lipinski definition) is 1. The van der Waals surface area contributed by atoms with E-state index in [2.05, 4.69) is 9.71 Å². The number of thioether (sulfide) groups is 1. The highest BCUT2D eigenvalue weighted by Crippen LogP contribution is 2.11. The number of aliphatic imine (C=N–C) groups is 1. The highest BCUT2D eigenvalue weighted by atomic mass is 32.2. The molecule has 1 heterocycles. The van der Waals surface area contributed by atoms with Crippen LogP contribution in [-0.2, 0) is 15.8 Å². The van der Waals surface area contributed by atoms with Crippen LogP contribution in [0.3, 0.4) is 0 Å². The third kappa shape index (κ3) is 3.24. The van der Waals surface area contributed by atoms with Crippen molar-refractivity contribution in [2.75, 3.05) is 12.3 Å². The molecule has 16 heavy (non-hydrogen) atoms. The molecule has 0 aliphatic carbocycles. The molecule has 0 unspecified atom stereocenters. The van der Waals surface area contributed by atoms with Gasteiger partial charge in [-0.2, -0.15) is 0 Å². The molecular weight excluding hydrogens is 244 g/mol. The van der Waals surface area contributed by atoms with Gasteiger partial charge in [0.05, 0.1) is 12.3 Å². The maximum Gasteiger partial charge on any atom is 0.238 e. The van der Waals surface area contributed by atoms with E-state index in [4.69, 9.17) is 0 Å². The number of hydrogen-bond acceptors (Lipinski definition) is 4. The Balaban J connectivity index is 2.03. The minimum absolute atomic E-state index is 0.00653. The molecule has 0 spiro atoms. The molecule has 1 aromatic rings. The molecule has 0 atom stereocenters. The lowest BCUT2D eigenvalue weighted by Crippen LogP contribution is -2.28. The second kappa shape index (κ2) is 4.88. The number of amidine groups is 1. The molecule has 1 aromatic carbocycles. The highest BCUT2D eigenvalue weighted by Gasteiger charge is 2.16. The van der Waals surface area contributed by atoms with Gasteiger partial charge in [0.25, 0.3) is 0 Å². The highest BCUT2D eigenvalue weighted by molar-refractivity contribution is 8.15. The van der Waals surface area contributed by atoms with Crippen LogP contribution in [0.1, 0.15) is 5.56 Å². The molecule has 1 aliphatic heterocycles. The Morgan fingerprint density at radius 2 is 2.06 bits per heavy atom. The van der Waals surface area contributed by atoms with Crippen molar-refractivity contribution >= 4 is 27.0 Å². The molecule has 1 aliphatic rings. The van der Waals surface area contributed by atoms with E-state index in [0.717, 1.165) is 11.3 Å². The Hall–Kier alpha value is -1.01. The molecule has 0 fully saturated rings. The molecule has 0 amide bonds. The van der Waals surface area contributed by atoms with Gasteiger partial charge in [-0.25, -0.2) is 8.42 Å². The van der Waals surface area contributed by atoms with Gasteiger partial charge in [-0.1, -0.05) is 42.1 Å². The van der Waals surface area contributed by atoms with E-state index in [9.17, 15) is 8.42 Å². The van der Waals surface area contributed by atoms with Gasteiger partial charge >= 0.3 is 0 Å². The Morgan fingerprint density at radius 1 is 1.31 bits per heavy atom. The molecule has 0 aromatic heterocycles. The first-order valence-electron chi connectivity index (χ1n) is 4.87. The maximum absolute atomic E-state index is 11.8. The molecule has 4 nitrogen and oxygen atoms in total. The van der Waals surface area contributed by atoms with E-state index in [1.165, 1.54) is 11.8 Å². The van der Waals surface area contributed by atoms with Gasteiger partial charge in [-0.15, -0.1) is 0 Å². The van der Waals surface area contributed by atoms with Crippen LogP contribution in [0.4, 0.5) is 0 Å². The van der Waals surface area contributed by atoms with Crippen LogP contribution in [0.25, 0.3) is 0 Å². The smallest absolute Gasteiger partial charge is 0.238 e. The first kappa shape index (κ1) is 11.5. The molecule has 0 bridgehead atoms. The predicted octanol–water partition coefficient (Wildman–Crippen LogP) is 1.21. The van der Waals surface area contributed by atoms with Crippen LogP contribution in [0, 0.1) is 0 Å². The summed E-state index contributed by atoms with van der Waals surface area (Å²) < 4.78 is 26.0. The minimum Gasteiger partial charge on any atom is -0.262 e. The van der Waals surface area contributed by atoms with Crippen LogP contribution in [0.5, 0.6) is 0 Å². The van der Waals surface area contributed by atoms with E-state index in [1.54, 1.807) is 12.1 Å². The van der Waals surface area contributed by atoms with Crippen LogP contribution >= 0.6 is 11.8 Å². The number of benzene rings is 1. The summed E-state index contributed by atoms with van der Waals surface area (Å²) in [5.74, 6) is 0.844. The summed E-state index contributed by atoms with van der Waals surface area (Å²) in [6.45, 7) is 0.688. The lowest BCUT2D eigenvalue weighted by molar-refractivity contribution is 0.592. The zero-order valence-electron chi connectivity index (χ0n) is 8.59. The monoisotopic (exact) mass is 256 g/mol. The number of nitrogens with zero attached hydrogens (tertiary/aromatic N) is 1. The lowest BCUT2D eigenvalue weighted by Gasteiger charge is -2.06. The van der Waals surface area contributed by atoms with E-state index < -0.39 is 10.0 Å². The van der Waals surface area contributed by atoms with Crippen LogP contribution < -0.4 is 4.72 Å². The molecule has 0 radical (unpaired) electrons. The fraction of sp³-hybridized carbons (Fsp3) is 0.300. The van der Waals surface area contributed by atoms with E-state index in [0.29, 0.717) is 11.7 Å². The van der Waals surface area contributed by atoms with Gasteiger partial charge in [0.15, 0.2) is 5.17 Å². The predicted molar refractivity (Wildman–Crippen MR) is 67.0 cm³/mol. The zero-order chi connectivity index (χ0) is 11.4. The minimum atomic E-state index is -3.32. The Labute approximate surface area is 99.2 Å². The van der Waals surface area contributed by atoms with Crippen molar-refractivity contribution in [3.8, 4) is 0 Å². The van der Waals surface area contributed by atoms with E-state index in [-0.39, 0.29) is 5.75 Å². The first-order chi connectivity index (χ1) is 7.66. The van der Waals surface area contributed by atoms with Crippen molar-refractivity contribution in [3.63, 3.8) is 0 Å². The molecule has 0 saturated heterocycles. The normalized spacial score (nSPS) is 15.9. The lowest BCUT2D eigenvalue weighted by atomic mass is 10.2. The van der Waals surface area contributed by atoms with E-state index >= 15 is 0 Å². The zero-order valence-corrected chi connectivity index (χ0v) is 10.2. The van der Waals surface area contributed by atoms with Crippen molar-refractivity contribution in [1.82, 2.24) is 4.72 Å². The maximum atomic E-state index is 11.8. The SMILES string of the molecule is O=S(=O)(Cc1ccccc1)NC1=NCCS1. The quantitative estimate of drug-likeness (QED) is 0.884. The molecule has 86 valence electrons. The van der Waals surface area contributed by atoms with Crippen molar-refractivity contribution in [2.45, 2.75) is 5.75 Å². The standard InChI is InChI=1S/C10H12N2O2S2/c13-16(14,12-10-11-6-7-15-10)8-9-4-2-1-3-5-9/h1-5H,6-8H2,(H,11,12). The largest absolute Gasteiger partial charge is 0.262 e. The second-order valence-electron chi connectivity index (χ2n) is 3.38. The van der Waals surface area contributed by atoms with Crippen LogP contribution in [-0.4, -0.2) is 25.9 Å². The van der Waals surface area contributed by atoms with Crippen molar-refractivity contribution in [3.05, 3.63) is 35.9 Å². The molecule has 0 saturated carbocycles. The number of nitrogens with one attached hydrogen (secondary N) is 1. The third-order valence-electron chi connectivity index (χ3n) is 2.03. The summed E-state index contributed by atoms with van der Waals surface area (Å²) in [5.41, 5.74) is 0.776. The van der Waals surface area contributed by atoms with Gasteiger partial charge in [0.2, 0.25) is 10.0 Å². The summed E-state index contributed by atoms with van der Waals surface area (Å²) in [7, 11) is -3.32. The Bertz CT molecular complexity index is 483. The summed E-state index contributed by atoms with van der Waals surface area (Å²) in [6, 6.07) is 9.10. The first-order valence-corrected chi connectivity index (χ1v) is 7.51. The van der Waals surface area contributed by atoms with Gasteiger partial charge in [0, 0.05) is 5.75 Å². The van der Waals surface area contributed by atoms with Gasteiger partial charge in [0.1, 0.15) is 0 Å². The van der Waals surface area contributed by atoms with Crippen molar-refractivity contribution in [2.24, 2.45) is 4.99 Å². The van der Waals surface area contributed by atoms with Gasteiger partial charge < -0.3 is 0 Å². The molecule has 6 heteroatoms. The number of rotatable bonds is 3. The molecule has 1 N–H and O–H groups in total. The fourth-order valence-corrected chi connectivity index (χ4v) is 3.57. The number of sulfonamides is 1. The van der Waals surface area contributed by atoms with E-state index in [1.807, 2.05) is 18.2 Å². The summed E-state index contributed by atoms with van der Waals surface area (Å²) >= 11 is 1.44. The third-order valence-corrected chi connectivity index (χ3v) is 4.27. The van der Waals surface area contributed by atoms with Crippen molar-refractivity contribution in [1.29, 1.82) is 0 Å². The average molecular weight is 256 g/mol. The average Bonchev–Trinajstić information content (AvgIpc) is 2.70. The Morgan fingerprint density at radius 3 is 2.69 bits per heavy atom. The summed E-state index contributed by atoms with van der Waals surface area (Å²) in [6.07, 6.45) is 0. The second-order valence-corrected chi connectivity index (χ2v) is 6.19.